The fourth-order valence-electron chi connectivity index (χ4n) is 5.26. The van der Waals surface area contributed by atoms with Crippen molar-refractivity contribution < 1.29 is 19.1 Å². The Morgan fingerprint density at radius 3 is 2.58 bits per heavy atom. The number of amides is 2. The van der Waals surface area contributed by atoms with Crippen LogP contribution < -0.4 is 20.1 Å². The average Bonchev–Trinajstić information content (AvgIpc) is 3.37. The number of Topliss-reactive ketones (excluding diaryl/α,β-unsaturated/α-hetero) is 1. The number of allylic oxidation sites excluding steroid dienone is 1. The van der Waals surface area contributed by atoms with E-state index in [1.165, 1.54) is 0 Å². The number of rotatable bonds is 6. The zero-order chi connectivity index (χ0) is 27.0. The summed E-state index contributed by atoms with van der Waals surface area (Å²) in [6.07, 6.45) is 1.84. The molecular formula is C29H35N5O4. The molecule has 5 rings (SSSR count). The molecule has 2 aliphatic rings. The Labute approximate surface area is 223 Å². The van der Waals surface area contributed by atoms with Gasteiger partial charge < -0.3 is 29.6 Å². The van der Waals surface area contributed by atoms with Crippen LogP contribution in [0.4, 0.5) is 10.5 Å². The summed E-state index contributed by atoms with van der Waals surface area (Å²) >= 11 is 0. The van der Waals surface area contributed by atoms with E-state index < -0.39 is 0 Å². The fourth-order valence-corrected chi connectivity index (χ4v) is 5.26. The third-order valence-corrected chi connectivity index (χ3v) is 7.53. The van der Waals surface area contributed by atoms with E-state index in [0.717, 1.165) is 72.7 Å². The number of aromatic nitrogens is 1. The van der Waals surface area contributed by atoms with Crippen molar-refractivity contribution in [3.8, 4) is 11.5 Å². The zero-order valence-corrected chi connectivity index (χ0v) is 22.7. The molecule has 1 saturated heterocycles. The Bertz CT molecular complexity index is 1430. The van der Waals surface area contributed by atoms with Gasteiger partial charge in [-0.3, -0.25) is 9.69 Å². The highest BCUT2D eigenvalue weighted by molar-refractivity contribution is 6.16. The lowest BCUT2D eigenvalue weighted by atomic mass is 10.0. The van der Waals surface area contributed by atoms with Crippen LogP contribution in [0.3, 0.4) is 0 Å². The van der Waals surface area contributed by atoms with Crippen LogP contribution in [0.2, 0.25) is 0 Å². The van der Waals surface area contributed by atoms with Crippen LogP contribution in [0.15, 0.2) is 36.1 Å². The van der Waals surface area contributed by atoms with Gasteiger partial charge in [-0.2, -0.15) is 0 Å². The van der Waals surface area contributed by atoms with Crippen molar-refractivity contribution in [3.63, 3.8) is 0 Å². The van der Waals surface area contributed by atoms with Crippen LogP contribution in [0.1, 0.15) is 27.2 Å². The average molecular weight is 518 g/mol. The number of ketones is 1. The van der Waals surface area contributed by atoms with Gasteiger partial charge in [0.25, 0.3) is 0 Å². The highest BCUT2D eigenvalue weighted by Crippen LogP contribution is 2.39. The van der Waals surface area contributed by atoms with Crippen LogP contribution >= 0.6 is 0 Å². The van der Waals surface area contributed by atoms with Crippen molar-refractivity contribution in [2.24, 2.45) is 0 Å². The van der Waals surface area contributed by atoms with Gasteiger partial charge in [-0.1, -0.05) is 0 Å². The van der Waals surface area contributed by atoms with Crippen molar-refractivity contribution >= 4 is 34.5 Å². The number of nitrogens with one attached hydrogen (secondary N) is 2. The second-order valence-corrected chi connectivity index (χ2v) is 9.99. The summed E-state index contributed by atoms with van der Waals surface area (Å²) < 4.78 is 13.9. The summed E-state index contributed by atoms with van der Waals surface area (Å²) in [7, 11) is 5.37. The largest absolute Gasteiger partial charge is 0.497 e. The van der Waals surface area contributed by atoms with Gasteiger partial charge in [0.15, 0.2) is 5.76 Å². The molecule has 0 radical (unpaired) electrons. The Hall–Kier alpha value is -3.82. The van der Waals surface area contributed by atoms with Crippen LogP contribution in [0.25, 0.3) is 17.0 Å². The van der Waals surface area contributed by atoms with Crippen molar-refractivity contribution in [1.29, 1.82) is 0 Å². The molecule has 0 atom stereocenters. The Kier molecular flexibility index (Phi) is 7.14. The number of methoxy groups -OCH3 is 1. The maximum absolute atomic E-state index is 13.4. The predicted octanol–water partition coefficient (Wildman–Crippen LogP) is 3.88. The number of carbonyl (C=O) groups is 2. The molecule has 1 aromatic heterocycles. The van der Waals surface area contributed by atoms with E-state index in [2.05, 4.69) is 45.0 Å². The number of ether oxygens (including phenoxy) is 2. The van der Waals surface area contributed by atoms with Gasteiger partial charge in [0.05, 0.1) is 12.7 Å². The lowest BCUT2D eigenvalue weighted by Gasteiger charge is -2.32. The Morgan fingerprint density at radius 2 is 1.87 bits per heavy atom. The number of hydrogen-bond acceptors (Lipinski definition) is 6. The molecule has 38 heavy (non-hydrogen) atoms. The number of aryl methyl sites for hydroxylation is 1. The van der Waals surface area contributed by atoms with Gasteiger partial charge >= 0.3 is 6.03 Å². The highest BCUT2D eigenvalue weighted by Gasteiger charge is 2.30. The summed E-state index contributed by atoms with van der Waals surface area (Å²) in [6, 6.07) is 9.19. The first-order valence-corrected chi connectivity index (χ1v) is 12.9. The van der Waals surface area contributed by atoms with Gasteiger partial charge in [0.2, 0.25) is 5.78 Å². The second-order valence-electron chi connectivity index (χ2n) is 9.99. The minimum absolute atomic E-state index is 0.204. The lowest BCUT2D eigenvalue weighted by Crippen LogP contribution is -2.45. The quantitative estimate of drug-likeness (QED) is 0.483. The molecule has 0 aliphatic carbocycles. The van der Waals surface area contributed by atoms with Crippen LogP contribution in [-0.4, -0.2) is 80.1 Å². The van der Waals surface area contributed by atoms with Crippen molar-refractivity contribution in [1.82, 2.24) is 19.7 Å². The van der Waals surface area contributed by atoms with Gasteiger partial charge in [0.1, 0.15) is 11.5 Å². The van der Waals surface area contributed by atoms with Crippen LogP contribution in [0, 0.1) is 13.8 Å². The van der Waals surface area contributed by atoms with Crippen molar-refractivity contribution in [2.75, 3.05) is 59.2 Å². The molecule has 9 nitrogen and oxygen atoms in total. The van der Waals surface area contributed by atoms with E-state index in [1.807, 2.05) is 25.1 Å². The molecule has 2 aliphatic heterocycles. The zero-order valence-electron chi connectivity index (χ0n) is 22.7. The van der Waals surface area contributed by atoms with E-state index in [9.17, 15) is 9.59 Å². The molecule has 1 fully saturated rings. The number of carbonyl (C=O) groups excluding carboxylic acids is 2. The lowest BCUT2D eigenvalue weighted by molar-refractivity contribution is 0.101. The number of piperazine rings is 1. The number of fused-ring (bicyclic) bond motifs is 2. The van der Waals surface area contributed by atoms with Crippen molar-refractivity contribution in [3.05, 3.63) is 58.5 Å². The number of nitrogens with zero attached hydrogens (tertiary/aromatic N) is 3. The Morgan fingerprint density at radius 1 is 1.11 bits per heavy atom. The summed E-state index contributed by atoms with van der Waals surface area (Å²) in [6.45, 7) is 10.1. The minimum Gasteiger partial charge on any atom is -0.497 e. The number of likely N-dealkylation sites (N-methyl/N-ethyl adjacent to an activating group) is 1. The maximum Gasteiger partial charge on any atom is 0.318 e. The number of benzene rings is 2. The van der Waals surface area contributed by atoms with Crippen molar-refractivity contribution in [2.45, 2.75) is 20.4 Å². The van der Waals surface area contributed by atoms with Gasteiger partial charge in [-0.25, -0.2) is 4.79 Å². The molecule has 0 bridgehead atoms. The van der Waals surface area contributed by atoms with E-state index in [-0.39, 0.29) is 17.6 Å². The summed E-state index contributed by atoms with van der Waals surface area (Å²) in [4.78, 5) is 30.1. The van der Waals surface area contributed by atoms with Gasteiger partial charge in [0, 0.05) is 74.2 Å². The molecule has 9 heteroatoms. The van der Waals surface area contributed by atoms with E-state index in [0.29, 0.717) is 17.0 Å². The Balaban J connectivity index is 1.49. The third kappa shape index (κ3) is 4.87. The second kappa shape index (κ2) is 10.5. The normalized spacial score (nSPS) is 17.1. The van der Waals surface area contributed by atoms with Crippen LogP contribution in [-0.2, 0) is 6.54 Å². The first-order valence-electron chi connectivity index (χ1n) is 12.9. The molecule has 0 spiro atoms. The molecule has 2 aromatic carbocycles. The first-order chi connectivity index (χ1) is 18.3. The van der Waals surface area contributed by atoms with E-state index in [4.69, 9.17) is 9.47 Å². The maximum atomic E-state index is 13.4. The molecule has 2 N–H and O–H groups in total. The van der Waals surface area contributed by atoms with E-state index >= 15 is 0 Å². The highest BCUT2D eigenvalue weighted by atomic mass is 16.5. The van der Waals surface area contributed by atoms with Gasteiger partial charge in [-0.05, 0) is 62.9 Å². The fraction of sp³-hybridized carbons (Fsp3) is 0.379. The van der Waals surface area contributed by atoms with E-state index in [1.54, 1.807) is 26.3 Å². The number of anilines is 1. The molecule has 3 aromatic rings. The molecule has 200 valence electrons. The summed E-state index contributed by atoms with van der Waals surface area (Å²) in [5.74, 6) is 1.35. The topological polar surface area (TPSA) is 88.1 Å². The van der Waals surface area contributed by atoms with Crippen LogP contribution in [0.5, 0.6) is 11.5 Å². The molecule has 2 amide bonds. The summed E-state index contributed by atoms with van der Waals surface area (Å²) in [5.41, 5.74) is 4.87. The smallest absolute Gasteiger partial charge is 0.318 e. The third-order valence-electron chi connectivity index (χ3n) is 7.53. The molecular weight excluding hydrogens is 482 g/mol. The molecule has 3 heterocycles. The standard InChI is InChI=1S/C29H35N5O4/c1-18-14-20(31-29(36)30-3)15-24-27(35)26(38-28(18)24)17-22-19(2)34(13-12-33-10-8-32(4)9-11-33)25-7-6-21(37-5)16-23(22)25/h6-7,14-17H,8-13H2,1-5H3,(H2,30,31,36)/b26-17-. The summed E-state index contributed by atoms with van der Waals surface area (Å²) in [5, 5.41) is 6.28. The number of urea groups is 1. The first kappa shape index (κ1) is 25.8. The monoisotopic (exact) mass is 517 g/mol. The molecule has 0 unspecified atom stereocenters. The minimum atomic E-state index is -0.347. The SMILES string of the molecule is CNC(=O)Nc1cc(C)c2c(c1)C(=O)/C(=C/c1c(C)n(CCN3CCN(C)CC3)c3ccc(OC)cc13)O2. The number of hydrogen-bond donors (Lipinski definition) is 2. The van der Waals surface area contributed by atoms with Gasteiger partial charge in [-0.15, -0.1) is 0 Å². The molecule has 0 saturated carbocycles. The predicted molar refractivity (Wildman–Crippen MR) is 149 cm³/mol.